The molecule has 8 heteroatoms. The van der Waals surface area contributed by atoms with Crippen LogP contribution in [0, 0.1) is 25.2 Å². The lowest BCUT2D eigenvalue weighted by molar-refractivity contribution is -0.114. The van der Waals surface area contributed by atoms with E-state index < -0.39 is 5.92 Å². The Morgan fingerprint density at radius 1 is 1.08 bits per heavy atom. The Morgan fingerprint density at radius 3 is 2.55 bits per heavy atom. The first-order chi connectivity index (χ1) is 18.3. The average molecular weight is 527 g/mol. The zero-order valence-electron chi connectivity index (χ0n) is 21.8. The summed E-state index contributed by atoms with van der Waals surface area (Å²) < 4.78 is 5.70. The second-order valence-electron chi connectivity index (χ2n) is 9.09. The highest BCUT2D eigenvalue weighted by Gasteiger charge is 2.36. The summed E-state index contributed by atoms with van der Waals surface area (Å²) in [6.07, 6.45) is 2.29. The van der Waals surface area contributed by atoms with E-state index in [1.54, 1.807) is 19.1 Å². The number of rotatable bonds is 8. The molecule has 0 spiro atoms. The predicted octanol–water partition coefficient (Wildman–Crippen LogP) is 6.17. The number of nitriles is 1. The average Bonchev–Trinajstić information content (AvgIpc) is 3.43. The van der Waals surface area contributed by atoms with Crippen molar-refractivity contribution in [3.8, 4) is 6.07 Å². The van der Waals surface area contributed by atoms with E-state index in [-0.39, 0.29) is 17.6 Å². The molecule has 1 aromatic heterocycles. The van der Waals surface area contributed by atoms with E-state index in [4.69, 9.17) is 4.42 Å². The molecule has 0 bridgehead atoms. The number of aryl methyl sites for hydroxylation is 3. The van der Waals surface area contributed by atoms with Gasteiger partial charge >= 0.3 is 0 Å². The maximum atomic E-state index is 13.7. The van der Waals surface area contributed by atoms with Crippen LogP contribution < -0.4 is 16.0 Å². The molecule has 0 radical (unpaired) electrons. The summed E-state index contributed by atoms with van der Waals surface area (Å²) in [7, 11) is 0. The molecule has 194 valence electrons. The minimum atomic E-state index is -0.715. The van der Waals surface area contributed by atoms with Gasteiger partial charge in [-0.1, -0.05) is 49.0 Å². The Morgan fingerprint density at radius 2 is 1.87 bits per heavy atom. The lowest BCUT2D eigenvalue weighted by atomic mass is 9.85. The van der Waals surface area contributed by atoms with E-state index in [2.05, 4.69) is 22.0 Å². The number of para-hydroxylation sites is 1. The number of allylic oxidation sites excluding steroid dienone is 2. The normalized spacial score (nSPS) is 15.1. The number of anilines is 2. The molecule has 4 rings (SSSR count). The van der Waals surface area contributed by atoms with Gasteiger partial charge in [0.1, 0.15) is 5.76 Å². The van der Waals surface area contributed by atoms with Crippen LogP contribution in [0.25, 0.3) is 0 Å². The van der Waals surface area contributed by atoms with Crippen LogP contribution in [0.3, 0.4) is 0 Å². The number of benzene rings is 2. The summed E-state index contributed by atoms with van der Waals surface area (Å²) >= 11 is 1.22. The second kappa shape index (κ2) is 11.9. The first-order valence-electron chi connectivity index (χ1n) is 12.4. The van der Waals surface area contributed by atoms with Gasteiger partial charge in [0.05, 0.1) is 40.2 Å². The van der Waals surface area contributed by atoms with Crippen molar-refractivity contribution in [1.29, 1.82) is 5.26 Å². The molecule has 2 aromatic carbocycles. The number of nitrogens with one attached hydrogen (secondary N) is 3. The Balaban J connectivity index is 1.61. The van der Waals surface area contributed by atoms with Gasteiger partial charge in [0.2, 0.25) is 5.91 Å². The van der Waals surface area contributed by atoms with Crippen molar-refractivity contribution in [3.63, 3.8) is 0 Å². The number of amides is 2. The van der Waals surface area contributed by atoms with Crippen molar-refractivity contribution in [2.45, 2.75) is 40.0 Å². The summed E-state index contributed by atoms with van der Waals surface area (Å²) in [5.74, 6) is -0.652. The highest BCUT2D eigenvalue weighted by Crippen LogP contribution is 2.41. The van der Waals surface area contributed by atoms with Crippen LogP contribution in [0.15, 0.2) is 87.1 Å². The van der Waals surface area contributed by atoms with Crippen molar-refractivity contribution < 1.29 is 14.0 Å². The number of furan rings is 1. The SMILES string of the molecule is CCc1cccc(C)c1NC(=O)C1=C(C)NC(SCC(=O)Nc2cccc(C)c2)=C(C#N)[C@@H]1c1ccco1. The van der Waals surface area contributed by atoms with E-state index in [0.29, 0.717) is 33.3 Å². The smallest absolute Gasteiger partial charge is 0.254 e. The fraction of sp³-hybridized carbons (Fsp3) is 0.233. The van der Waals surface area contributed by atoms with Crippen molar-refractivity contribution in [2.75, 3.05) is 16.4 Å². The summed E-state index contributed by atoms with van der Waals surface area (Å²) in [5.41, 5.74) is 5.84. The lowest BCUT2D eigenvalue weighted by Gasteiger charge is -2.28. The van der Waals surface area contributed by atoms with Crippen molar-refractivity contribution in [2.24, 2.45) is 0 Å². The molecule has 3 N–H and O–H groups in total. The lowest BCUT2D eigenvalue weighted by Crippen LogP contribution is -2.31. The van der Waals surface area contributed by atoms with Crippen molar-refractivity contribution in [3.05, 3.63) is 105 Å². The minimum Gasteiger partial charge on any atom is -0.468 e. The molecule has 0 saturated heterocycles. The molecule has 1 atom stereocenters. The molecular formula is C30H30N4O3S. The highest BCUT2D eigenvalue weighted by molar-refractivity contribution is 8.03. The first-order valence-corrected chi connectivity index (χ1v) is 13.4. The Kier molecular flexibility index (Phi) is 8.39. The largest absolute Gasteiger partial charge is 0.468 e. The number of nitrogens with zero attached hydrogens (tertiary/aromatic N) is 1. The molecule has 38 heavy (non-hydrogen) atoms. The van der Waals surface area contributed by atoms with Gasteiger partial charge in [-0.3, -0.25) is 9.59 Å². The quantitative estimate of drug-likeness (QED) is 0.324. The van der Waals surface area contributed by atoms with Gasteiger partial charge in [-0.15, -0.1) is 0 Å². The molecule has 1 aliphatic rings. The number of carbonyl (C=O) groups is 2. The summed E-state index contributed by atoms with van der Waals surface area (Å²) in [6.45, 7) is 7.75. The Labute approximate surface area is 227 Å². The molecule has 1 aliphatic heterocycles. The summed E-state index contributed by atoms with van der Waals surface area (Å²) in [5, 5.41) is 19.9. The minimum absolute atomic E-state index is 0.0875. The number of thioether (sulfide) groups is 1. The van der Waals surface area contributed by atoms with Gasteiger partial charge < -0.3 is 20.4 Å². The van der Waals surface area contributed by atoms with E-state index in [1.165, 1.54) is 18.0 Å². The van der Waals surface area contributed by atoms with Crippen LogP contribution in [0.4, 0.5) is 11.4 Å². The van der Waals surface area contributed by atoms with E-state index in [0.717, 1.165) is 28.8 Å². The van der Waals surface area contributed by atoms with Gasteiger partial charge in [0, 0.05) is 17.1 Å². The predicted molar refractivity (Wildman–Crippen MR) is 151 cm³/mol. The summed E-state index contributed by atoms with van der Waals surface area (Å²) in [6, 6.07) is 19.2. The molecular weight excluding hydrogens is 496 g/mol. The topological polar surface area (TPSA) is 107 Å². The third-order valence-corrected chi connectivity index (χ3v) is 7.36. The maximum Gasteiger partial charge on any atom is 0.254 e. The zero-order chi connectivity index (χ0) is 27.2. The molecule has 0 unspecified atom stereocenters. The molecule has 7 nitrogen and oxygen atoms in total. The highest BCUT2D eigenvalue weighted by atomic mass is 32.2. The maximum absolute atomic E-state index is 13.7. The van der Waals surface area contributed by atoms with E-state index in [1.807, 2.05) is 63.2 Å². The first kappa shape index (κ1) is 26.8. The van der Waals surface area contributed by atoms with Crippen LogP contribution in [-0.4, -0.2) is 17.6 Å². The number of dihydropyridines is 1. The molecule has 0 saturated carbocycles. The molecule has 2 amide bonds. The van der Waals surface area contributed by atoms with Crippen molar-refractivity contribution >= 4 is 35.0 Å². The van der Waals surface area contributed by atoms with E-state index >= 15 is 0 Å². The van der Waals surface area contributed by atoms with Gasteiger partial charge in [0.25, 0.3) is 5.91 Å². The Hall–Kier alpha value is -4.22. The van der Waals surface area contributed by atoms with Crippen LogP contribution >= 0.6 is 11.8 Å². The number of hydrogen-bond acceptors (Lipinski definition) is 6. The molecule has 3 aromatic rings. The van der Waals surface area contributed by atoms with E-state index in [9.17, 15) is 14.9 Å². The number of carbonyl (C=O) groups excluding carboxylic acids is 2. The standard InChI is InChI=1S/C30H30N4O3S/c1-5-21-11-7-10-19(3)28(21)34-29(36)26-20(4)32-30(23(16-31)27(26)24-13-8-14-37-24)38-17-25(35)33-22-12-6-9-18(2)15-22/h6-15,27,32H,5,17H2,1-4H3,(H,33,35)(H,34,36)/t27-/m1/s1. The van der Waals surface area contributed by atoms with Crippen molar-refractivity contribution in [1.82, 2.24) is 5.32 Å². The van der Waals surface area contributed by atoms with Crippen LogP contribution in [0.1, 0.15) is 42.2 Å². The molecule has 2 heterocycles. The summed E-state index contributed by atoms with van der Waals surface area (Å²) in [4.78, 5) is 26.4. The zero-order valence-corrected chi connectivity index (χ0v) is 22.7. The molecule has 0 aliphatic carbocycles. The van der Waals surface area contributed by atoms with Crippen LogP contribution in [0.2, 0.25) is 0 Å². The second-order valence-corrected chi connectivity index (χ2v) is 10.1. The van der Waals surface area contributed by atoms with Gasteiger partial charge in [0.15, 0.2) is 0 Å². The third-order valence-electron chi connectivity index (χ3n) is 6.35. The molecule has 0 fully saturated rings. The number of hydrogen-bond donors (Lipinski definition) is 3. The fourth-order valence-electron chi connectivity index (χ4n) is 4.51. The third kappa shape index (κ3) is 5.84. The Bertz CT molecular complexity index is 1460. The van der Waals surface area contributed by atoms with Crippen LogP contribution in [0.5, 0.6) is 0 Å². The monoisotopic (exact) mass is 526 g/mol. The fourth-order valence-corrected chi connectivity index (χ4v) is 5.40. The van der Waals surface area contributed by atoms with Crippen LogP contribution in [-0.2, 0) is 16.0 Å². The van der Waals surface area contributed by atoms with Gasteiger partial charge in [-0.2, -0.15) is 5.26 Å². The van der Waals surface area contributed by atoms with Gasteiger partial charge in [-0.05, 0) is 68.1 Å². The van der Waals surface area contributed by atoms with Gasteiger partial charge in [-0.25, -0.2) is 0 Å².